The first-order chi connectivity index (χ1) is 17.2. The molecule has 0 amide bonds. The van der Waals surface area contributed by atoms with E-state index in [1.54, 1.807) is 21.0 Å². The summed E-state index contributed by atoms with van der Waals surface area (Å²) < 4.78 is 73.8. The standard InChI is InChI=1S/C24H38N2O4/c1-14(2)23(25)20(27)10-16-9-19-17-12-22(30-6)21(29-5)11-15(17)7-8-26(19)13-18(16)24(3,4)28/h11-12,14,16,18-19,23,28H,7-10,13,25H2,1-6H3/t16-,18+,19+,23-/m0/s1/i1D3,2D3,14D,23D. The second-order valence-corrected chi connectivity index (χ2v) is 8.84. The quantitative estimate of drug-likeness (QED) is 0.697. The number of piperidine rings is 1. The molecule has 0 radical (unpaired) electrons. The van der Waals surface area contributed by atoms with Crippen molar-refractivity contribution < 1.29 is 30.3 Å². The smallest absolute Gasteiger partial charge is 0.161 e. The third-order valence-corrected chi connectivity index (χ3v) is 6.56. The average Bonchev–Trinajstić information content (AvgIpc) is 2.79. The van der Waals surface area contributed by atoms with Gasteiger partial charge in [-0.25, -0.2) is 0 Å². The highest BCUT2D eigenvalue weighted by molar-refractivity contribution is 5.84. The van der Waals surface area contributed by atoms with Crippen molar-refractivity contribution in [2.45, 2.75) is 64.5 Å². The van der Waals surface area contributed by atoms with Crippen LogP contribution in [0.4, 0.5) is 0 Å². The summed E-state index contributed by atoms with van der Waals surface area (Å²) >= 11 is 0. The zero-order valence-electron chi connectivity index (χ0n) is 26.1. The molecule has 4 atom stereocenters. The molecule has 2 aliphatic heterocycles. The van der Waals surface area contributed by atoms with Crippen LogP contribution >= 0.6 is 0 Å². The molecule has 30 heavy (non-hydrogen) atoms. The Labute approximate surface area is 192 Å². The van der Waals surface area contributed by atoms with Crippen LogP contribution in [0.5, 0.6) is 11.5 Å². The molecule has 1 aromatic rings. The molecule has 0 aliphatic carbocycles. The summed E-state index contributed by atoms with van der Waals surface area (Å²) in [7, 11) is 3.09. The van der Waals surface area contributed by atoms with Crippen molar-refractivity contribution in [1.29, 1.82) is 0 Å². The van der Waals surface area contributed by atoms with Crippen LogP contribution in [0.1, 0.15) is 68.5 Å². The number of ketones is 1. The Morgan fingerprint density at radius 2 is 2.03 bits per heavy atom. The average molecular weight is 427 g/mol. The van der Waals surface area contributed by atoms with E-state index < -0.39 is 55.3 Å². The van der Waals surface area contributed by atoms with E-state index in [1.165, 1.54) is 7.11 Å². The topological polar surface area (TPSA) is 85.0 Å². The molecule has 6 nitrogen and oxygen atoms in total. The van der Waals surface area contributed by atoms with E-state index in [0.29, 0.717) is 31.0 Å². The lowest BCUT2D eigenvalue weighted by molar-refractivity contribution is -0.125. The molecule has 2 aliphatic rings. The van der Waals surface area contributed by atoms with Gasteiger partial charge in [0.1, 0.15) is 5.78 Å². The van der Waals surface area contributed by atoms with Crippen LogP contribution in [0.15, 0.2) is 12.1 Å². The zero-order valence-corrected chi connectivity index (χ0v) is 18.1. The number of carbonyl (C=O) groups excluding carboxylic acids is 1. The van der Waals surface area contributed by atoms with Gasteiger partial charge in [0.05, 0.1) is 27.2 Å². The fraction of sp³-hybridized carbons (Fsp3) is 0.708. The minimum Gasteiger partial charge on any atom is -0.493 e. The zero-order chi connectivity index (χ0) is 29.1. The van der Waals surface area contributed by atoms with Crippen LogP contribution < -0.4 is 15.2 Å². The molecule has 0 saturated carbocycles. The van der Waals surface area contributed by atoms with Gasteiger partial charge in [-0.2, -0.15) is 0 Å². The Morgan fingerprint density at radius 1 is 1.37 bits per heavy atom. The Hall–Kier alpha value is -1.63. The first-order valence-electron chi connectivity index (χ1n) is 14.2. The number of fused-ring (bicyclic) bond motifs is 3. The normalized spacial score (nSPS) is 31.6. The van der Waals surface area contributed by atoms with Crippen molar-refractivity contribution >= 4 is 5.78 Å². The first kappa shape index (κ1) is 14.4. The third kappa shape index (κ3) is 4.51. The Morgan fingerprint density at radius 3 is 2.63 bits per heavy atom. The van der Waals surface area contributed by atoms with E-state index in [0.717, 1.165) is 17.5 Å². The number of nitrogens with zero attached hydrogens (tertiary/aromatic N) is 1. The number of carbonyl (C=O) groups is 1. The number of Topliss-reactive ketones (excluding diaryl/α,β-unsaturated/α-hetero) is 1. The van der Waals surface area contributed by atoms with Crippen molar-refractivity contribution in [2.75, 3.05) is 27.3 Å². The fourth-order valence-corrected chi connectivity index (χ4v) is 4.94. The maximum Gasteiger partial charge on any atom is 0.161 e. The summed E-state index contributed by atoms with van der Waals surface area (Å²) in [6.45, 7) is -2.69. The van der Waals surface area contributed by atoms with Crippen molar-refractivity contribution in [2.24, 2.45) is 23.5 Å². The van der Waals surface area contributed by atoms with Gasteiger partial charge in [-0.15, -0.1) is 0 Å². The number of benzene rings is 1. The summed E-state index contributed by atoms with van der Waals surface area (Å²) in [5, 5.41) is 11.0. The van der Waals surface area contributed by atoms with Crippen molar-refractivity contribution in [3.05, 3.63) is 23.3 Å². The summed E-state index contributed by atoms with van der Waals surface area (Å²) in [6.07, 6.45) is 0.658. The van der Waals surface area contributed by atoms with Gasteiger partial charge < -0.3 is 20.3 Å². The largest absolute Gasteiger partial charge is 0.493 e. The monoisotopic (exact) mass is 426 g/mol. The molecule has 6 heteroatoms. The van der Waals surface area contributed by atoms with Crippen molar-refractivity contribution in [1.82, 2.24) is 4.90 Å². The number of rotatable bonds is 7. The third-order valence-electron chi connectivity index (χ3n) is 6.56. The van der Waals surface area contributed by atoms with E-state index in [9.17, 15) is 9.90 Å². The highest BCUT2D eigenvalue weighted by Crippen LogP contribution is 2.47. The SMILES string of the molecule is [2H]C([2H])([2H])C([2H])(C([2H])([2H])[2H])[C@]([2H])(N)C(=O)C[C@@H]1C[C@@H]2c3cc(OC)c(OC)cc3CCN2C[C@H]1C(C)(C)O. The van der Waals surface area contributed by atoms with E-state index in [2.05, 4.69) is 4.90 Å². The van der Waals surface area contributed by atoms with E-state index >= 15 is 0 Å². The molecular formula is C24H38N2O4. The lowest BCUT2D eigenvalue weighted by Crippen LogP contribution is -2.53. The van der Waals surface area contributed by atoms with Gasteiger partial charge in [-0.05, 0) is 61.8 Å². The highest BCUT2D eigenvalue weighted by atomic mass is 16.5. The summed E-state index contributed by atoms with van der Waals surface area (Å²) in [5.74, 6) is -4.58. The molecule has 3 N–H and O–H groups in total. The maximum atomic E-state index is 13.5. The number of methoxy groups -OCH3 is 2. The number of hydrogen-bond donors (Lipinski definition) is 2. The molecule has 2 heterocycles. The van der Waals surface area contributed by atoms with Gasteiger partial charge in [-0.1, -0.05) is 13.7 Å². The van der Waals surface area contributed by atoms with Crippen molar-refractivity contribution in [3.8, 4) is 11.5 Å². The molecule has 0 unspecified atom stereocenters. The molecule has 3 rings (SSSR count). The van der Waals surface area contributed by atoms with Gasteiger partial charge in [0, 0.05) is 41.1 Å². The van der Waals surface area contributed by atoms with Crippen LogP contribution in [-0.4, -0.2) is 54.7 Å². The minimum absolute atomic E-state index is 0.168. The van der Waals surface area contributed by atoms with Crippen LogP contribution in [-0.2, 0) is 11.2 Å². The molecule has 1 aromatic carbocycles. The Bertz CT molecular complexity index is 1040. The second kappa shape index (κ2) is 8.85. The Balaban J connectivity index is 2.01. The maximum absolute atomic E-state index is 13.5. The van der Waals surface area contributed by atoms with E-state index in [1.807, 2.05) is 12.1 Å². The predicted octanol–water partition coefficient (Wildman–Crippen LogP) is 2.95. The molecule has 0 aromatic heterocycles. The highest BCUT2D eigenvalue weighted by Gasteiger charge is 2.45. The number of aliphatic hydroxyl groups is 1. The lowest BCUT2D eigenvalue weighted by Gasteiger charge is -2.50. The molecule has 0 spiro atoms. The van der Waals surface area contributed by atoms with Gasteiger partial charge >= 0.3 is 0 Å². The summed E-state index contributed by atoms with van der Waals surface area (Å²) in [6, 6.07) is 0.401. The molecular weight excluding hydrogens is 380 g/mol. The van der Waals surface area contributed by atoms with Gasteiger partial charge in [0.15, 0.2) is 11.5 Å². The molecule has 168 valence electrons. The number of ether oxygens (including phenoxy) is 2. The first-order valence-corrected chi connectivity index (χ1v) is 10.2. The molecule has 1 saturated heterocycles. The van der Waals surface area contributed by atoms with Gasteiger partial charge in [0.2, 0.25) is 0 Å². The van der Waals surface area contributed by atoms with Crippen LogP contribution in [0.2, 0.25) is 0 Å². The van der Waals surface area contributed by atoms with Crippen LogP contribution in [0.25, 0.3) is 0 Å². The fourth-order valence-electron chi connectivity index (χ4n) is 4.94. The number of hydrogen-bond acceptors (Lipinski definition) is 6. The second-order valence-electron chi connectivity index (χ2n) is 8.84. The van der Waals surface area contributed by atoms with E-state index in [4.69, 9.17) is 26.2 Å². The summed E-state index contributed by atoms with van der Waals surface area (Å²) in [5.41, 5.74) is 6.66. The van der Waals surface area contributed by atoms with Gasteiger partial charge in [-0.3, -0.25) is 9.69 Å². The number of nitrogens with two attached hydrogens (primary N) is 1. The Kier molecular flexibility index (Phi) is 4.26. The lowest BCUT2D eigenvalue weighted by atomic mass is 9.69. The van der Waals surface area contributed by atoms with Crippen molar-refractivity contribution in [3.63, 3.8) is 0 Å². The van der Waals surface area contributed by atoms with Crippen LogP contribution in [0, 0.1) is 17.7 Å². The van der Waals surface area contributed by atoms with Crippen LogP contribution in [0.3, 0.4) is 0 Å². The summed E-state index contributed by atoms with van der Waals surface area (Å²) in [4.78, 5) is 15.7. The predicted molar refractivity (Wildman–Crippen MR) is 118 cm³/mol. The van der Waals surface area contributed by atoms with Gasteiger partial charge in [0.25, 0.3) is 0 Å². The molecule has 0 bridgehead atoms. The minimum atomic E-state index is -3.55. The molecule has 1 fully saturated rings. The van der Waals surface area contributed by atoms with E-state index in [-0.39, 0.29) is 6.04 Å².